The van der Waals surface area contributed by atoms with Gasteiger partial charge in [-0.25, -0.2) is 4.57 Å². The minimum Gasteiger partial charge on any atom is -0.205 e. The average Bonchev–Trinajstić information content (AvgIpc) is 2.50. The summed E-state index contributed by atoms with van der Waals surface area (Å²) in [5.74, 6) is 0. The predicted octanol–water partition coefficient (Wildman–Crippen LogP) is 5.58. The van der Waals surface area contributed by atoms with Crippen LogP contribution in [0.3, 0.4) is 0 Å². The summed E-state index contributed by atoms with van der Waals surface area (Å²) in [5, 5.41) is 2.70. The topological polar surface area (TPSA) is 3.88 Å². The molecule has 0 amide bonds. The molecule has 114 valence electrons. The summed E-state index contributed by atoms with van der Waals surface area (Å²) in [5.41, 5.74) is 1.34. The summed E-state index contributed by atoms with van der Waals surface area (Å²) in [4.78, 5) is 0. The maximum atomic E-state index is 2.34. The van der Waals surface area contributed by atoms with E-state index in [0.717, 1.165) is 6.54 Å². The minimum atomic E-state index is 1.15. The Balaban J connectivity index is 1.70. The largest absolute Gasteiger partial charge is 0.205 e. The van der Waals surface area contributed by atoms with Crippen molar-refractivity contribution in [3.63, 3.8) is 0 Å². The molecule has 0 saturated heterocycles. The van der Waals surface area contributed by atoms with E-state index in [1.165, 1.54) is 67.7 Å². The summed E-state index contributed by atoms with van der Waals surface area (Å²) < 4.78 is 2.34. The van der Waals surface area contributed by atoms with Crippen LogP contribution in [0.4, 0.5) is 0 Å². The van der Waals surface area contributed by atoms with Crippen molar-refractivity contribution in [3.05, 3.63) is 42.2 Å². The van der Waals surface area contributed by atoms with Crippen LogP contribution in [0.1, 0.15) is 63.9 Å². The molecule has 1 heteroatoms. The highest BCUT2D eigenvalue weighted by atomic mass is 14.9. The maximum absolute atomic E-state index is 2.34. The second-order valence-corrected chi connectivity index (χ2v) is 6.29. The lowest BCUT2D eigenvalue weighted by molar-refractivity contribution is -0.696. The first-order valence-corrected chi connectivity index (χ1v) is 8.69. The molecule has 1 nitrogen and oxygen atoms in total. The summed E-state index contributed by atoms with van der Waals surface area (Å²) in [7, 11) is 0. The van der Waals surface area contributed by atoms with Gasteiger partial charge in [0.1, 0.15) is 6.54 Å². The Bertz CT molecular complexity index is 545. The van der Waals surface area contributed by atoms with Gasteiger partial charge in [-0.15, -0.1) is 0 Å². The van der Waals surface area contributed by atoms with E-state index in [0.29, 0.717) is 0 Å². The molecule has 0 spiro atoms. The lowest BCUT2D eigenvalue weighted by Gasteiger charge is -2.02. The van der Waals surface area contributed by atoms with Gasteiger partial charge in [0.05, 0.1) is 0 Å². The van der Waals surface area contributed by atoms with Crippen molar-refractivity contribution in [2.45, 2.75) is 71.8 Å². The lowest BCUT2D eigenvalue weighted by Crippen LogP contribution is -2.32. The lowest BCUT2D eigenvalue weighted by atomic mass is 10.1. The Kier molecular flexibility index (Phi) is 6.72. The second kappa shape index (κ2) is 8.81. The van der Waals surface area contributed by atoms with E-state index in [1.54, 1.807) is 0 Å². The fourth-order valence-corrected chi connectivity index (χ4v) is 2.92. The first-order valence-electron chi connectivity index (χ1n) is 8.69. The van der Waals surface area contributed by atoms with E-state index < -0.39 is 0 Å². The number of nitrogens with zero attached hydrogens (tertiary/aromatic N) is 1. The monoisotopic (exact) mass is 284 g/mol. The zero-order chi connectivity index (χ0) is 14.9. The van der Waals surface area contributed by atoms with E-state index in [1.807, 2.05) is 0 Å². The van der Waals surface area contributed by atoms with Crippen LogP contribution in [-0.4, -0.2) is 0 Å². The zero-order valence-electron chi connectivity index (χ0n) is 13.8. The molecular weight excluding hydrogens is 254 g/mol. The van der Waals surface area contributed by atoms with E-state index in [9.17, 15) is 0 Å². The molecule has 0 aliphatic rings. The molecule has 21 heavy (non-hydrogen) atoms. The van der Waals surface area contributed by atoms with Gasteiger partial charge in [-0.3, -0.25) is 0 Å². The summed E-state index contributed by atoms with van der Waals surface area (Å²) in [6.07, 6.45) is 15.6. The molecule has 0 unspecified atom stereocenters. The van der Waals surface area contributed by atoms with Crippen molar-refractivity contribution >= 4 is 10.8 Å². The number of fused-ring (bicyclic) bond motifs is 1. The number of pyridine rings is 1. The number of hydrogen-bond donors (Lipinski definition) is 0. The van der Waals surface area contributed by atoms with Gasteiger partial charge in [-0.2, -0.15) is 0 Å². The van der Waals surface area contributed by atoms with Gasteiger partial charge in [0.15, 0.2) is 12.4 Å². The molecule has 2 aromatic rings. The molecule has 1 aromatic heterocycles. The SMILES string of the molecule is CCCCCCCCCC[n+]1ccc2cc(C)ccc2c1. The van der Waals surface area contributed by atoms with Gasteiger partial charge < -0.3 is 0 Å². The van der Waals surface area contributed by atoms with Gasteiger partial charge in [-0.05, 0) is 24.8 Å². The fourth-order valence-electron chi connectivity index (χ4n) is 2.92. The van der Waals surface area contributed by atoms with Crippen LogP contribution in [0.15, 0.2) is 36.7 Å². The Morgan fingerprint density at radius 1 is 0.810 bits per heavy atom. The number of unbranched alkanes of at least 4 members (excludes halogenated alkanes) is 7. The summed E-state index contributed by atoms with van der Waals surface area (Å²) >= 11 is 0. The number of aryl methyl sites for hydroxylation is 2. The highest BCUT2D eigenvalue weighted by Gasteiger charge is 2.03. The van der Waals surface area contributed by atoms with Crippen molar-refractivity contribution < 1.29 is 4.57 Å². The quantitative estimate of drug-likeness (QED) is 0.418. The standard InChI is InChI=1S/C20H30N/c1-3-4-5-6-7-8-9-10-14-21-15-13-19-16-18(2)11-12-20(19)17-21/h11-13,15-17H,3-10,14H2,1-2H3/q+1. The van der Waals surface area contributed by atoms with Crippen molar-refractivity contribution in [1.29, 1.82) is 0 Å². The van der Waals surface area contributed by atoms with E-state index >= 15 is 0 Å². The van der Waals surface area contributed by atoms with E-state index in [2.05, 4.69) is 55.1 Å². The Hall–Kier alpha value is -1.37. The number of rotatable bonds is 9. The van der Waals surface area contributed by atoms with Gasteiger partial charge in [0.2, 0.25) is 0 Å². The van der Waals surface area contributed by atoms with Crippen LogP contribution < -0.4 is 4.57 Å². The molecular formula is C20H30N+. The molecule has 0 radical (unpaired) electrons. The Morgan fingerprint density at radius 2 is 1.52 bits per heavy atom. The molecule has 0 saturated carbocycles. The second-order valence-electron chi connectivity index (χ2n) is 6.29. The highest BCUT2D eigenvalue weighted by molar-refractivity contribution is 5.81. The maximum Gasteiger partial charge on any atom is 0.176 e. The van der Waals surface area contributed by atoms with Gasteiger partial charge in [-0.1, -0.05) is 63.1 Å². The van der Waals surface area contributed by atoms with Gasteiger partial charge >= 0.3 is 0 Å². The summed E-state index contributed by atoms with van der Waals surface area (Å²) in [6, 6.07) is 8.93. The molecule has 0 bridgehead atoms. The van der Waals surface area contributed by atoms with Crippen molar-refractivity contribution in [1.82, 2.24) is 0 Å². The van der Waals surface area contributed by atoms with Crippen LogP contribution >= 0.6 is 0 Å². The highest BCUT2D eigenvalue weighted by Crippen LogP contribution is 2.13. The third-order valence-corrected chi connectivity index (χ3v) is 4.26. The van der Waals surface area contributed by atoms with Crippen LogP contribution in [0.25, 0.3) is 10.8 Å². The van der Waals surface area contributed by atoms with Crippen LogP contribution in [0, 0.1) is 6.92 Å². The van der Waals surface area contributed by atoms with Crippen LogP contribution in [0.2, 0.25) is 0 Å². The molecule has 1 heterocycles. The van der Waals surface area contributed by atoms with E-state index in [-0.39, 0.29) is 0 Å². The van der Waals surface area contributed by atoms with Crippen molar-refractivity contribution in [2.75, 3.05) is 0 Å². The predicted molar refractivity (Wildman–Crippen MR) is 91.5 cm³/mol. The van der Waals surface area contributed by atoms with Crippen LogP contribution in [0.5, 0.6) is 0 Å². The minimum absolute atomic E-state index is 1.15. The molecule has 1 aromatic carbocycles. The molecule has 0 atom stereocenters. The van der Waals surface area contributed by atoms with Crippen molar-refractivity contribution in [3.8, 4) is 0 Å². The third-order valence-electron chi connectivity index (χ3n) is 4.26. The summed E-state index contributed by atoms with van der Waals surface area (Å²) in [6.45, 7) is 5.59. The first-order chi connectivity index (χ1) is 10.3. The third kappa shape index (κ3) is 5.49. The molecule has 0 fully saturated rings. The average molecular weight is 284 g/mol. The molecule has 2 rings (SSSR count). The Morgan fingerprint density at radius 3 is 2.29 bits per heavy atom. The number of hydrogen-bond acceptors (Lipinski definition) is 0. The first kappa shape index (κ1) is 16.0. The van der Waals surface area contributed by atoms with Crippen LogP contribution in [-0.2, 0) is 6.54 Å². The van der Waals surface area contributed by atoms with Gasteiger partial charge in [0, 0.05) is 17.9 Å². The molecule has 0 aliphatic heterocycles. The number of aromatic nitrogens is 1. The smallest absolute Gasteiger partial charge is 0.176 e. The number of benzene rings is 1. The van der Waals surface area contributed by atoms with Gasteiger partial charge in [0.25, 0.3) is 0 Å². The molecule has 0 N–H and O–H groups in total. The zero-order valence-corrected chi connectivity index (χ0v) is 13.8. The Labute approximate surface area is 130 Å². The molecule has 0 aliphatic carbocycles. The fraction of sp³-hybridized carbons (Fsp3) is 0.550. The van der Waals surface area contributed by atoms with Crippen molar-refractivity contribution in [2.24, 2.45) is 0 Å². The van der Waals surface area contributed by atoms with E-state index in [4.69, 9.17) is 0 Å². The normalized spacial score (nSPS) is 11.1.